The number of pyridine rings is 2. The molecule has 0 amide bonds. The van der Waals surface area contributed by atoms with Crippen LogP contribution in [-0.4, -0.2) is 57.7 Å². The van der Waals surface area contributed by atoms with Gasteiger partial charge in [-0.05, 0) is 49.9 Å². The summed E-state index contributed by atoms with van der Waals surface area (Å²) in [4.78, 5) is 22.6. The molecule has 4 rings (SSSR count). The smallest absolute Gasteiger partial charge is 0.260 e. The molecule has 3 aromatic rings. The molecule has 7 heteroatoms. The number of nitrogens with zero attached hydrogens (tertiary/aromatic N) is 4. The number of piperazine rings is 1. The molecule has 0 unspecified atom stereocenters. The largest absolute Gasteiger partial charge is 0.507 e. The Balaban J connectivity index is 1.83. The van der Waals surface area contributed by atoms with Crippen LogP contribution in [0.2, 0.25) is 5.02 Å². The summed E-state index contributed by atoms with van der Waals surface area (Å²) in [5.41, 5.74) is 2.64. The SMILES string of the molecule is Cc1cc(O)c([C@H](c2ccc(Cl)cc2)N2CCN(C)CC2)c(=O)n1Cc1ccccn1. The molecule has 6 nitrogen and oxygen atoms in total. The van der Waals surface area contributed by atoms with Crippen LogP contribution in [0.15, 0.2) is 59.5 Å². The van der Waals surface area contributed by atoms with E-state index in [0.717, 1.165) is 37.4 Å². The molecule has 0 radical (unpaired) electrons. The maximum Gasteiger partial charge on any atom is 0.260 e. The van der Waals surface area contributed by atoms with Gasteiger partial charge >= 0.3 is 0 Å². The summed E-state index contributed by atoms with van der Waals surface area (Å²) in [6.45, 7) is 5.60. The van der Waals surface area contributed by atoms with Crippen molar-refractivity contribution in [2.24, 2.45) is 0 Å². The van der Waals surface area contributed by atoms with Crippen molar-refractivity contribution in [3.8, 4) is 5.75 Å². The van der Waals surface area contributed by atoms with Crippen molar-refractivity contribution < 1.29 is 5.11 Å². The maximum atomic E-state index is 13.7. The van der Waals surface area contributed by atoms with Gasteiger partial charge < -0.3 is 14.6 Å². The van der Waals surface area contributed by atoms with Crippen molar-refractivity contribution in [3.63, 3.8) is 0 Å². The van der Waals surface area contributed by atoms with Crippen molar-refractivity contribution >= 4 is 11.6 Å². The Labute approximate surface area is 187 Å². The molecule has 1 N–H and O–H groups in total. The van der Waals surface area contributed by atoms with E-state index in [-0.39, 0.29) is 17.4 Å². The van der Waals surface area contributed by atoms with Gasteiger partial charge in [-0.25, -0.2) is 0 Å². The predicted molar refractivity (Wildman–Crippen MR) is 123 cm³/mol. The monoisotopic (exact) mass is 438 g/mol. The lowest BCUT2D eigenvalue weighted by molar-refractivity contribution is 0.125. The van der Waals surface area contributed by atoms with Crippen LogP contribution < -0.4 is 5.56 Å². The third-order valence-electron chi connectivity index (χ3n) is 5.93. The fourth-order valence-electron chi connectivity index (χ4n) is 4.16. The molecule has 31 heavy (non-hydrogen) atoms. The first-order valence-corrected chi connectivity index (χ1v) is 10.8. The quantitative estimate of drug-likeness (QED) is 0.662. The van der Waals surface area contributed by atoms with E-state index in [9.17, 15) is 9.90 Å². The fraction of sp³-hybridized carbons (Fsp3) is 0.333. The van der Waals surface area contributed by atoms with Gasteiger partial charge in [0.2, 0.25) is 0 Å². The molecule has 0 aliphatic carbocycles. The van der Waals surface area contributed by atoms with Crippen molar-refractivity contribution in [3.05, 3.63) is 92.6 Å². The summed E-state index contributed by atoms with van der Waals surface area (Å²) >= 11 is 6.12. The zero-order chi connectivity index (χ0) is 22.0. The second-order valence-corrected chi connectivity index (χ2v) is 8.53. The van der Waals surface area contributed by atoms with Gasteiger partial charge in [-0.1, -0.05) is 29.8 Å². The van der Waals surface area contributed by atoms with Crippen LogP contribution in [0.1, 0.15) is 28.6 Å². The molecule has 1 aliphatic heterocycles. The number of benzene rings is 1. The second kappa shape index (κ2) is 9.22. The van der Waals surface area contributed by atoms with Crippen LogP contribution in [0.3, 0.4) is 0 Å². The van der Waals surface area contributed by atoms with Gasteiger partial charge in [0, 0.05) is 43.1 Å². The predicted octanol–water partition coefficient (Wildman–Crippen LogP) is 3.30. The van der Waals surface area contributed by atoms with E-state index in [0.29, 0.717) is 22.8 Å². The van der Waals surface area contributed by atoms with Crippen LogP contribution in [0, 0.1) is 6.92 Å². The number of aromatic hydroxyl groups is 1. The molecule has 1 fully saturated rings. The van der Waals surface area contributed by atoms with Crippen LogP contribution >= 0.6 is 11.6 Å². The number of rotatable bonds is 5. The molecule has 0 saturated carbocycles. The number of hydrogen-bond acceptors (Lipinski definition) is 5. The fourth-order valence-corrected chi connectivity index (χ4v) is 4.29. The lowest BCUT2D eigenvalue weighted by Gasteiger charge is -2.38. The molecule has 1 saturated heterocycles. The van der Waals surface area contributed by atoms with Gasteiger partial charge in [0.05, 0.1) is 23.8 Å². The Kier molecular flexibility index (Phi) is 6.41. The Morgan fingerprint density at radius 3 is 2.45 bits per heavy atom. The highest BCUT2D eigenvalue weighted by atomic mass is 35.5. The summed E-state index contributed by atoms with van der Waals surface area (Å²) in [7, 11) is 2.10. The normalized spacial score (nSPS) is 16.4. The van der Waals surface area contributed by atoms with Crippen LogP contribution in [0.25, 0.3) is 0 Å². The summed E-state index contributed by atoms with van der Waals surface area (Å²) in [5.74, 6) is 0.0265. The molecule has 162 valence electrons. The highest BCUT2D eigenvalue weighted by Gasteiger charge is 2.31. The van der Waals surface area contributed by atoms with Crippen molar-refractivity contribution in [2.75, 3.05) is 33.2 Å². The minimum Gasteiger partial charge on any atom is -0.507 e. The topological polar surface area (TPSA) is 61.6 Å². The van der Waals surface area contributed by atoms with Crippen LogP contribution in [-0.2, 0) is 6.54 Å². The summed E-state index contributed by atoms with van der Waals surface area (Å²) in [6, 6.07) is 14.5. The van der Waals surface area contributed by atoms with Crippen molar-refractivity contribution in [2.45, 2.75) is 19.5 Å². The summed E-state index contributed by atoms with van der Waals surface area (Å²) < 4.78 is 1.69. The molecule has 1 atom stereocenters. The van der Waals surface area contributed by atoms with E-state index < -0.39 is 0 Å². The Hall–Kier alpha value is -2.67. The number of hydrogen-bond donors (Lipinski definition) is 1. The van der Waals surface area contributed by atoms with E-state index in [1.54, 1.807) is 16.8 Å². The first-order chi connectivity index (χ1) is 14.9. The van der Waals surface area contributed by atoms with E-state index in [2.05, 4.69) is 21.8 Å². The minimum atomic E-state index is -0.353. The molecular weight excluding hydrogens is 412 g/mol. The van der Waals surface area contributed by atoms with E-state index in [1.165, 1.54) is 0 Å². The Bertz CT molecular complexity index is 1090. The molecular formula is C24H27ClN4O2. The second-order valence-electron chi connectivity index (χ2n) is 8.09. The standard InChI is InChI=1S/C24H27ClN4O2/c1-17-15-21(30)22(24(31)29(17)16-20-5-3-4-10-26-20)23(18-6-8-19(25)9-7-18)28-13-11-27(2)12-14-28/h3-10,15,23,30H,11-14,16H2,1-2H3/t23-/m0/s1. The zero-order valence-corrected chi connectivity index (χ0v) is 18.6. The van der Waals surface area contributed by atoms with Gasteiger partial charge in [-0.15, -0.1) is 0 Å². The van der Waals surface area contributed by atoms with Crippen LogP contribution in [0.5, 0.6) is 5.75 Å². The maximum absolute atomic E-state index is 13.7. The van der Waals surface area contributed by atoms with Gasteiger partial charge in [0.15, 0.2) is 0 Å². The number of aromatic nitrogens is 2. The van der Waals surface area contributed by atoms with E-state index in [1.807, 2.05) is 49.4 Å². The molecule has 1 aromatic carbocycles. The first-order valence-electron chi connectivity index (χ1n) is 10.5. The van der Waals surface area contributed by atoms with E-state index in [4.69, 9.17) is 11.6 Å². The van der Waals surface area contributed by atoms with Crippen molar-refractivity contribution in [1.29, 1.82) is 0 Å². The average Bonchev–Trinajstić information content (AvgIpc) is 2.76. The third kappa shape index (κ3) is 4.66. The van der Waals surface area contributed by atoms with Gasteiger partial charge in [0.25, 0.3) is 5.56 Å². The van der Waals surface area contributed by atoms with Crippen LogP contribution in [0.4, 0.5) is 0 Å². The molecule has 2 aromatic heterocycles. The Morgan fingerprint density at radius 1 is 1.10 bits per heavy atom. The Morgan fingerprint density at radius 2 is 1.81 bits per heavy atom. The summed E-state index contributed by atoms with van der Waals surface area (Å²) in [5, 5.41) is 11.6. The lowest BCUT2D eigenvalue weighted by Crippen LogP contribution is -2.47. The van der Waals surface area contributed by atoms with E-state index >= 15 is 0 Å². The number of aryl methyl sites for hydroxylation is 1. The third-order valence-corrected chi connectivity index (χ3v) is 6.18. The average molecular weight is 439 g/mol. The highest BCUT2D eigenvalue weighted by Crippen LogP contribution is 2.33. The molecule has 0 spiro atoms. The summed E-state index contributed by atoms with van der Waals surface area (Å²) in [6.07, 6.45) is 1.72. The molecule has 0 bridgehead atoms. The van der Waals surface area contributed by atoms with Gasteiger partial charge in [-0.2, -0.15) is 0 Å². The number of halogens is 1. The van der Waals surface area contributed by atoms with Gasteiger partial charge in [-0.3, -0.25) is 14.7 Å². The highest BCUT2D eigenvalue weighted by molar-refractivity contribution is 6.30. The lowest BCUT2D eigenvalue weighted by atomic mass is 9.96. The minimum absolute atomic E-state index is 0.0265. The molecule has 3 heterocycles. The van der Waals surface area contributed by atoms with Gasteiger partial charge in [0.1, 0.15) is 5.75 Å². The molecule has 1 aliphatic rings. The first kappa shape index (κ1) is 21.6. The van der Waals surface area contributed by atoms with Crippen molar-refractivity contribution in [1.82, 2.24) is 19.4 Å². The zero-order valence-electron chi connectivity index (χ0n) is 17.8. The number of likely N-dealkylation sites (N-methyl/N-ethyl adjacent to an activating group) is 1.